The molecular weight excluding hydrogens is 499 g/mol. The largest absolute Gasteiger partial charge is 0.483 e. The van der Waals surface area contributed by atoms with E-state index in [9.17, 15) is 9.59 Å². The lowest BCUT2D eigenvalue weighted by Crippen LogP contribution is -2.17. The van der Waals surface area contributed by atoms with E-state index in [2.05, 4.69) is 10.1 Å². The molecule has 0 saturated carbocycles. The summed E-state index contributed by atoms with van der Waals surface area (Å²) in [4.78, 5) is 29.3. The van der Waals surface area contributed by atoms with Gasteiger partial charge in [0.25, 0.3) is 5.91 Å². The van der Waals surface area contributed by atoms with Crippen LogP contribution in [0, 0.1) is 19.7 Å². The van der Waals surface area contributed by atoms with Crippen LogP contribution in [0.25, 0.3) is 33.2 Å². The summed E-state index contributed by atoms with van der Waals surface area (Å²) in [5.41, 5.74) is 7.52. The zero-order valence-corrected chi connectivity index (χ0v) is 21.2. The summed E-state index contributed by atoms with van der Waals surface area (Å²) in [6.45, 7) is 5.18. The Morgan fingerprint density at radius 1 is 1.19 bits per heavy atom. The second-order valence-electron chi connectivity index (χ2n) is 8.88. The number of carbonyl (C=O) groups is 1. The van der Waals surface area contributed by atoms with Gasteiger partial charge in [-0.3, -0.25) is 14.3 Å². The van der Waals surface area contributed by atoms with Gasteiger partial charge in [-0.1, -0.05) is 11.6 Å². The minimum absolute atomic E-state index is 0.0912. The van der Waals surface area contributed by atoms with Gasteiger partial charge in [-0.15, -0.1) is 0 Å². The third kappa shape index (κ3) is 4.21. The number of nitrogens with two attached hydrogens (primary N) is 1. The number of rotatable bonds is 5. The highest BCUT2D eigenvalue weighted by molar-refractivity contribution is 6.29. The topological polar surface area (TPSA) is 113 Å². The summed E-state index contributed by atoms with van der Waals surface area (Å²) in [5.74, 6) is -1.09. The van der Waals surface area contributed by atoms with Crippen LogP contribution in [0.2, 0.25) is 5.15 Å². The smallest absolute Gasteiger partial charge is 0.271 e. The average molecular weight is 521 g/mol. The van der Waals surface area contributed by atoms with Crippen LogP contribution in [-0.2, 0) is 7.05 Å². The van der Waals surface area contributed by atoms with Crippen molar-refractivity contribution in [1.29, 1.82) is 0 Å². The van der Waals surface area contributed by atoms with Gasteiger partial charge in [0.15, 0.2) is 16.9 Å². The Morgan fingerprint density at radius 2 is 1.95 bits per heavy atom. The van der Waals surface area contributed by atoms with Gasteiger partial charge in [0.1, 0.15) is 28.4 Å². The summed E-state index contributed by atoms with van der Waals surface area (Å²) < 4.78 is 29.4. The second kappa shape index (κ2) is 9.01. The van der Waals surface area contributed by atoms with E-state index in [4.69, 9.17) is 26.5 Å². The molecule has 188 valence electrons. The SMILES string of the molecule is Cc1cc(C(C)Oc2ccc(Cl)nc2C(N)=O)c2oc(-c3ccc4nn(C)cc4c3F)c(C)c(=O)c2c1. The Hall–Kier alpha value is -4.24. The van der Waals surface area contributed by atoms with Gasteiger partial charge in [0, 0.05) is 24.4 Å². The Kier molecular flexibility index (Phi) is 5.95. The lowest BCUT2D eigenvalue weighted by atomic mass is 9.99. The van der Waals surface area contributed by atoms with Crippen LogP contribution in [0.15, 0.2) is 51.8 Å². The van der Waals surface area contributed by atoms with Crippen LogP contribution < -0.4 is 15.9 Å². The molecule has 0 saturated heterocycles. The summed E-state index contributed by atoms with van der Waals surface area (Å²) in [5, 5.41) is 4.97. The lowest BCUT2D eigenvalue weighted by Gasteiger charge is -2.19. The van der Waals surface area contributed by atoms with Crippen molar-refractivity contribution < 1.29 is 18.3 Å². The van der Waals surface area contributed by atoms with E-state index in [1.807, 2.05) is 13.0 Å². The van der Waals surface area contributed by atoms with Crippen LogP contribution >= 0.6 is 11.6 Å². The van der Waals surface area contributed by atoms with E-state index >= 15 is 4.39 Å². The second-order valence-corrected chi connectivity index (χ2v) is 9.27. The fraction of sp³-hybridized carbons (Fsp3) is 0.185. The Morgan fingerprint density at radius 3 is 2.68 bits per heavy atom. The zero-order valence-electron chi connectivity index (χ0n) is 20.4. The monoisotopic (exact) mass is 520 g/mol. The Bertz CT molecular complexity index is 1790. The van der Waals surface area contributed by atoms with E-state index < -0.39 is 17.8 Å². The number of hydrogen-bond donors (Lipinski definition) is 1. The fourth-order valence-corrected chi connectivity index (χ4v) is 4.58. The molecule has 2 N–H and O–H groups in total. The maximum Gasteiger partial charge on any atom is 0.271 e. The standard InChI is InChI=1S/C27H22ClFN4O4/c1-12-9-16(14(3)36-20-7-8-21(28)31-23(20)27(30)35)26-17(10-12)24(34)13(2)25(37-26)15-5-6-19-18(22(15)29)11-33(4)32-19/h5-11,14H,1-4H3,(H2,30,35). The van der Waals surface area contributed by atoms with E-state index in [-0.39, 0.29) is 44.5 Å². The Balaban J connectivity index is 1.70. The lowest BCUT2D eigenvalue weighted by molar-refractivity contribution is 0.0988. The van der Waals surface area contributed by atoms with Crippen LogP contribution in [0.4, 0.5) is 4.39 Å². The summed E-state index contributed by atoms with van der Waals surface area (Å²) in [6.07, 6.45) is 0.872. The molecule has 3 aromatic heterocycles. The normalized spacial score (nSPS) is 12.3. The summed E-state index contributed by atoms with van der Waals surface area (Å²) >= 11 is 5.91. The third-order valence-corrected chi connectivity index (χ3v) is 6.38. The summed E-state index contributed by atoms with van der Waals surface area (Å²) in [7, 11) is 1.70. The molecule has 2 aromatic carbocycles. The molecule has 3 heterocycles. The number of carbonyl (C=O) groups excluding carboxylic acids is 1. The molecule has 0 aliphatic heterocycles. The van der Waals surface area contributed by atoms with Gasteiger partial charge in [-0.05, 0) is 62.7 Å². The van der Waals surface area contributed by atoms with E-state index in [1.165, 1.54) is 16.8 Å². The minimum Gasteiger partial charge on any atom is -0.483 e. The molecule has 1 atom stereocenters. The highest BCUT2D eigenvalue weighted by Gasteiger charge is 2.23. The van der Waals surface area contributed by atoms with Crippen molar-refractivity contribution in [3.05, 3.63) is 86.2 Å². The molecule has 5 aromatic rings. The highest BCUT2D eigenvalue weighted by atomic mass is 35.5. The molecule has 0 bridgehead atoms. The summed E-state index contributed by atoms with van der Waals surface area (Å²) in [6, 6.07) is 9.72. The molecule has 1 unspecified atom stereocenters. The first-order valence-corrected chi connectivity index (χ1v) is 11.8. The van der Waals surface area contributed by atoms with Gasteiger partial charge in [0.2, 0.25) is 0 Å². The molecule has 1 amide bonds. The van der Waals surface area contributed by atoms with Crippen molar-refractivity contribution >= 4 is 39.4 Å². The van der Waals surface area contributed by atoms with E-state index in [0.717, 1.165) is 5.56 Å². The van der Waals surface area contributed by atoms with Crippen molar-refractivity contribution in [3.8, 4) is 17.1 Å². The highest BCUT2D eigenvalue weighted by Crippen LogP contribution is 2.35. The number of benzene rings is 2. The third-order valence-electron chi connectivity index (χ3n) is 6.17. The first-order valence-electron chi connectivity index (χ1n) is 11.4. The molecule has 10 heteroatoms. The van der Waals surface area contributed by atoms with Crippen molar-refractivity contribution in [3.63, 3.8) is 0 Å². The Labute approximate surface area is 215 Å². The quantitative estimate of drug-likeness (QED) is 0.311. The molecule has 8 nitrogen and oxygen atoms in total. The first-order chi connectivity index (χ1) is 17.5. The van der Waals surface area contributed by atoms with Gasteiger partial charge in [-0.25, -0.2) is 9.37 Å². The zero-order chi connectivity index (χ0) is 26.6. The van der Waals surface area contributed by atoms with Crippen molar-refractivity contribution in [2.24, 2.45) is 12.8 Å². The van der Waals surface area contributed by atoms with Crippen LogP contribution in [-0.4, -0.2) is 20.7 Å². The van der Waals surface area contributed by atoms with Crippen LogP contribution in [0.1, 0.15) is 40.2 Å². The number of nitrogens with zero attached hydrogens (tertiary/aromatic N) is 3. The molecule has 5 rings (SSSR count). The number of amides is 1. The first kappa shape index (κ1) is 24.5. The van der Waals surface area contributed by atoms with Crippen molar-refractivity contribution in [1.82, 2.24) is 14.8 Å². The van der Waals surface area contributed by atoms with Crippen LogP contribution in [0.5, 0.6) is 5.75 Å². The molecule has 0 spiro atoms. The predicted molar refractivity (Wildman–Crippen MR) is 138 cm³/mol. The van der Waals surface area contributed by atoms with Crippen LogP contribution in [0.3, 0.4) is 0 Å². The van der Waals surface area contributed by atoms with Gasteiger partial charge < -0.3 is 14.9 Å². The average Bonchev–Trinajstić information content (AvgIpc) is 3.24. The molecule has 37 heavy (non-hydrogen) atoms. The molecular formula is C27H22ClFN4O4. The number of hydrogen-bond acceptors (Lipinski definition) is 6. The number of halogens is 2. The van der Waals surface area contributed by atoms with Gasteiger partial charge in [-0.2, -0.15) is 5.10 Å². The maximum absolute atomic E-state index is 15.5. The molecule has 0 fully saturated rings. The fourth-order valence-electron chi connectivity index (χ4n) is 4.43. The molecule has 0 radical (unpaired) electrons. The number of primary amides is 1. The van der Waals surface area contributed by atoms with E-state index in [1.54, 1.807) is 45.3 Å². The van der Waals surface area contributed by atoms with Gasteiger partial charge in [0.05, 0.1) is 21.9 Å². The molecule has 0 aliphatic carbocycles. The number of ether oxygens (including phenoxy) is 1. The number of aromatic nitrogens is 3. The molecule has 0 aliphatic rings. The van der Waals surface area contributed by atoms with E-state index in [0.29, 0.717) is 21.9 Å². The van der Waals surface area contributed by atoms with Crippen molar-refractivity contribution in [2.75, 3.05) is 0 Å². The maximum atomic E-state index is 15.5. The van der Waals surface area contributed by atoms with Gasteiger partial charge >= 0.3 is 0 Å². The predicted octanol–water partition coefficient (Wildman–Crippen LogP) is 5.39. The minimum atomic E-state index is -0.801. The van der Waals surface area contributed by atoms with Crippen molar-refractivity contribution in [2.45, 2.75) is 26.9 Å². The number of fused-ring (bicyclic) bond motifs is 2. The number of pyridine rings is 1. The number of aryl methyl sites for hydroxylation is 2.